The van der Waals surface area contributed by atoms with Crippen LogP contribution in [0.4, 0.5) is 5.69 Å². The molecule has 5 nitrogen and oxygen atoms in total. The second kappa shape index (κ2) is 7.07. The molecule has 1 unspecified atom stereocenters. The number of imide groups is 1. The molecular formula is C19H17ClN2O3. The Kier molecular flexibility index (Phi) is 4.86. The van der Waals surface area contributed by atoms with Gasteiger partial charge in [-0.2, -0.15) is 0 Å². The molecule has 0 saturated carbocycles. The number of hydrogen-bond donors (Lipinski definition) is 0. The lowest BCUT2D eigenvalue weighted by Crippen LogP contribution is -2.31. The maximum atomic E-state index is 12.7. The Labute approximate surface area is 150 Å². The van der Waals surface area contributed by atoms with Gasteiger partial charge < -0.3 is 4.74 Å². The number of alkyl halides is 1. The highest BCUT2D eigenvalue weighted by Crippen LogP contribution is 2.28. The van der Waals surface area contributed by atoms with E-state index in [1.165, 1.54) is 0 Å². The van der Waals surface area contributed by atoms with Gasteiger partial charge in [0.05, 0.1) is 18.8 Å². The molecule has 25 heavy (non-hydrogen) atoms. The number of benzene rings is 2. The molecule has 1 fully saturated rings. The van der Waals surface area contributed by atoms with E-state index in [4.69, 9.17) is 16.3 Å². The van der Waals surface area contributed by atoms with Crippen molar-refractivity contribution in [1.29, 1.82) is 0 Å². The molecule has 128 valence electrons. The van der Waals surface area contributed by atoms with Crippen LogP contribution >= 0.6 is 11.6 Å². The van der Waals surface area contributed by atoms with Crippen LogP contribution in [0, 0.1) is 0 Å². The Morgan fingerprint density at radius 2 is 1.72 bits per heavy atom. The van der Waals surface area contributed by atoms with Gasteiger partial charge >= 0.3 is 0 Å². The number of anilines is 1. The van der Waals surface area contributed by atoms with E-state index in [9.17, 15) is 9.59 Å². The van der Waals surface area contributed by atoms with E-state index in [2.05, 4.69) is 4.99 Å². The molecule has 0 aliphatic carbocycles. The summed E-state index contributed by atoms with van der Waals surface area (Å²) in [7, 11) is 1.55. The lowest BCUT2D eigenvalue weighted by Gasteiger charge is -2.13. The van der Waals surface area contributed by atoms with E-state index in [0.717, 1.165) is 10.5 Å². The minimum atomic E-state index is -1.08. The van der Waals surface area contributed by atoms with E-state index in [-0.39, 0.29) is 11.8 Å². The molecule has 2 aromatic carbocycles. The van der Waals surface area contributed by atoms with E-state index in [1.807, 2.05) is 37.3 Å². The monoisotopic (exact) mass is 356 g/mol. The molecule has 1 saturated heterocycles. The second-order valence-corrected chi connectivity index (χ2v) is 6.08. The van der Waals surface area contributed by atoms with Crippen LogP contribution < -0.4 is 9.64 Å². The topological polar surface area (TPSA) is 59.0 Å². The Bertz CT molecular complexity index is 818. The highest BCUT2D eigenvalue weighted by molar-refractivity contribution is 6.68. The highest BCUT2D eigenvalue weighted by Gasteiger charge is 2.44. The second-order valence-electron chi connectivity index (χ2n) is 5.64. The fourth-order valence-electron chi connectivity index (χ4n) is 2.66. The van der Waals surface area contributed by atoms with Gasteiger partial charge in [0.1, 0.15) is 11.5 Å². The molecule has 1 aliphatic heterocycles. The fraction of sp³-hybridized carbons (Fsp3) is 0.211. The summed E-state index contributed by atoms with van der Waals surface area (Å²) in [5.41, 5.74) is 1.46. The summed E-state index contributed by atoms with van der Waals surface area (Å²) < 4.78 is 5.09. The van der Waals surface area contributed by atoms with Crippen molar-refractivity contribution in [3.05, 3.63) is 60.2 Å². The van der Waals surface area contributed by atoms with Gasteiger partial charge in [-0.3, -0.25) is 14.6 Å². The van der Waals surface area contributed by atoms with E-state index >= 15 is 0 Å². The zero-order valence-electron chi connectivity index (χ0n) is 13.8. The predicted molar refractivity (Wildman–Crippen MR) is 97.4 cm³/mol. The van der Waals surface area contributed by atoms with Crippen LogP contribution in [0.3, 0.4) is 0 Å². The lowest BCUT2D eigenvalue weighted by atomic mass is 10.1. The molecule has 3 rings (SSSR count). The van der Waals surface area contributed by atoms with Gasteiger partial charge in [0, 0.05) is 0 Å². The first kappa shape index (κ1) is 17.2. The van der Waals surface area contributed by atoms with Crippen molar-refractivity contribution >= 4 is 34.8 Å². The Hall–Kier alpha value is -2.66. The number of rotatable bonds is 4. The van der Waals surface area contributed by atoms with Gasteiger partial charge in [-0.25, -0.2) is 4.90 Å². The summed E-state index contributed by atoms with van der Waals surface area (Å²) in [6.45, 7) is 1.86. The van der Waals surface area contributed by atoms with Gasteiger partial charge in [-0.15, -0.1) is 11.6 Å². The van der Waals surface area contributed by atoms with Gasteiger partial charge in [0.15, 0.2) is 5.38 Å². The smallest absolute Gasteiger partial charge is 0.281 e. The molecule has 0 bridgehead atoms. The number of nitrogens with zero attached hydrogens (tertiary/aromatic N) is 2. The van der Waals surface area contributed by atoms with Crippen molar-refractivity contribution in [3.63, 3.8) is 0 Å². The molecular weight excluding hydrogens is 340 g/mol. The van der Waals surface area contributed by atoms with E-state index in [1.54, 1.807) is 31.4 Å². The van der Waals surface area contributed by atoms with Crippen molar-refractivity contribution < 1.29 is 14.3 Å². The summed E-state index contributed by atoms with van der Waals surface area (Å²) in [4.78, 5) is 30.6. The largest absolute Gasteiger partial charge is 0.497 e. The first-order valence-corrected chi connectivity index (χ1v) is 8.25. The highest BCUT2D eigenvalue weighted by atomic mass is 35.5. The average molecular weight is 357 g/mol. The van der Waals surface area contributed by atoms with Crippen LogP contribution in [0.25, 0.3) is 0 Å². The number of carbonyl (C=O) groups is 2. The van der Waals surface area contributed by atoms with Crippen molar-refractivity contribution in [2.75, 3.05) is 12.0 Å². The minimum absolute atomic E-state index is 0.0684. The summed E-state index contributed by atoms with van der Waals surface area (Å²) in [5, 5.41) is -1.08. The molecule has 2 amide bonds. The van der Waals surface area contributed by atoms with Crippen molar-refractivity contribution in [2.45, 2.75) is 18.3 Å². The van der Waals surface area contributed by atoms with Crippen LogP contribution in [-0.4, -0.2) is 30.0 Å². The Morgan fingerprint density at radius 1 is 1.08 bits per heavy atom. The number of carbonyl (C=O) groups excluding carboxylic acids is 2. The molecule has 0 N–H and O–H groups in total. The zero-order chi connectivity index (χ0) is 18.0. The van der Waals surface area contributed by atoms with Gasteiger partial charge in [-0.05, 0) is 36.8 Å². The summed E-state index contributed by atoms with van der Waals surface area (Å²) in [5.74, 6) is -0.342. The maximum Gasteiger partial charge on any atom is 0.281 e. The van der Waals surface area contributed by atoms with Crippen molar-refractivity contribution in [3.8, 4) is 5.75 Å². The molecule has 0 spiro atoms. The van der Waals surface area contributed by atoms with Crippen LogP contribution in [0.2, 0.25) is 0 Å². The van der Waals surface area contributed by atoms with Crippen molar-refractivity contribution in [1.82, 2.24) is 0 Å². The molecule has 1 aliphatic rings. The van der Waals surface area contributed by atoms with Crippen LogP contribution in [-0.2, 0) is 9.59 Å². The maximum absolute atomic E-state index is 12.7. The minimum Gasteiger partial charge on any atom is -0.497 e. The third-order valence-electron chi connectivity index (χ3n) is 4.04. The van der Waals surface area contributed by atoms with Crippen molar-refractivity contribution in [2.24, 2.45) is 4.99 Å². The summed E-state index contributed by atoms with van der Waals surface area (Å²) in [6.07, 6.45) is 0. The molecule has 2 aromatic rings. The molecule has 0 aromatic heterocycles. The normalized spacial score (nSPS) is 20.2. The first-order chi connectivity index (χ1) is 12.0. The SMILES string of the molecule is COc1ccc(N2C(=O)C(=N[C@H](C)c3ccccc3)C(Cl)C2=O)cc1. The number of aliphatic imine (C=N–C) groups is 1. The Morgan fingerprint density at radius 3 is 2.32 bits per heavy atom. The zero-order valence-corrected chi connectivity index (χ0v) is 14.6. The number of methoxy groups -OCH3 is 1. The average Bonchev–Trinajstić information content (AvgIpc) is 2.86. The molecule has 2 atom stereocenters. The van der Waals surface area contributed by atoms with Crippen LogP contribution in [0.5, 0.6) is 5.75 Å². The standard InChI is InChI=1S/C19H17ClN2O3/c1-12(13-6-4-3-5-7-13)21-17-16(20)18(23)22(19(17)24)14-8-10-15(25-2)11-9-14/h3-12,16H,1-2H3/t12-,16?/m1/s1. The van der Waals surface area contributed by atoms with Crippen LogP contribution in [0.1, 0.15) is 18.5 Å². The lowest BCUT2D eigenvalue weighted by molar-refractivity contribution is -0.120. The molecule has 6 heteroatoms. The summed E-state index contributed by atoms with van der Waals surface area (Å²) >= 11 is 6.19. The van der Waals surface area contributed by atoms with Gasteiger partial charge in [-0.1, -0.05) is 30.3 Å². The Balaban J connectivity index is 1.91. The van der Waals surface area contributed by atoms with Gasteiger partial charge in [0.25, 0.3) is 11.8 Å². The fourth-order valence-corrected chi connectivity index (χ4v) is 2.91. The number of ether oxygens (including phenoxy) is 1. The number of amides is 2. The van der Waals surface area contributed by atoms with Gasteiger partial charge in [0.2, 0.25) is 0 Å². The van der Waals surface area contributed by atoms with Crippen LogP contribution in [0.15, 0.2) is 59.6 Å². The molecule has 0 radical (unpaired) electrons. The molecule has 1 heterocycles. The third-order valence-corrected chi connectivity index (χ3v) is 4.44. The summed E-state index contributed by atoms with van der Waals surface area (Å²) in [6, 6.07) is 15.9. The first-order valence-electron chi connectivity index (χ1n) is 7.82. The predicted octanol–water partition coefficient (Wildman–Crippen LogP) is 3.38. The number of hydrogen-bond acceptors (Lipinski definition) is 4. The van der Waals surface area contributed by atoms with E-state index in [0.29, 0.717) is 11.4 Å². The quantitative estimate of drug-likeness (QED) is 0.623. The third kappa shape index (κ3) is 3.28. The number of halogens is 1. The van der Waals surface area contributed by atoms with E-state index < -0.39 is 17.2 Å².